The van der Waals surface area contributed by atoms with Gasteiger partial charge in [-0.2, -0.15) is 0 Å². The van der Waals surface area contributed by atoms with Gasteiger partial charge >= 0.3 is 0 Å². The number of nitrogens with zero attached hydrogens (tertiary/aromatic N) is 1. The van der Waals surface area contributed by atoms with Crippen LogP contribution in [0.5, 0.6) is 0 Å². The lowest BCUT2D eigenvalue weighted by molar-refractivity contribution is -0.144. The molecule has 1 fully saturated rings. The van der Waals surface area contributed by atoms with Crippen molar-refractivity contribution in [3.63, 3.8) is 0 Å². The van der Waals surface area contributed by atoms with Crippen molar-refractivity contribution in [1.29, 1.82) is 0 Å². The van der Waals surface area contributed by atoms with E-state index >= 15 is 0 Å². The van der Waals surface area contributed by atoms with Gasteiger partial charge in [-0.3, -0.25) is 4.79 Å². The topological polar surface area (TPSA) is 46.3 Å². The maximum atomic E-state index is 13.6. The highest BCUT2D eigenvalue weighted by Crippen LogP contribution is 2.37. The molecular formula is C15H20ClFN2O. The van der Waals surface area contributed by atoms with E-state index in [2.05, 4.69) is 0 Å². The van der Waals surface area contributed by atoms with Gasteiger partial charge in [-0.15, -0.1) is 0 Å². The van der Waals surface area contributed by atoms with Crippen molar-refractivity contribution in [2.45, 2.75) is 51.2 Å². The number of halogens is 2. The summed E-state index contributed by atoms with van der Waals surface area (Å²) in [6, 6.07) is 3.79. The van der Waals surface area contributed by atoms with Crippen molar-refractivity contribution in [2.75, 3.05) is 0 Å². The Morgan fingerprint density at radius 3 is 2.55 bits per heavy atom. The van der Waals surface area contributed by atoms with E-state index in [0.717, 1.165) is 0 Å². The predicted molar refractivity (Wildman–Crippen MR) is 78.0 cm³/mol. The van der Waals surface area contributed by atoms with E-state index in [4.69, 9.17) is 17.3 Å². The molecule has 110 valence electrons. The monoisotopic (exact) mass is 298 g/mol. The number of amides is 1. The van der Waals surface area contributed by atoms with Gasteiger partial charge in [0.2, 0.25) is 5.91 Å². The summed E-state index contributed by atoms with van der Waals surface area (Å²) in [6.07, 6.45) is 1.03. The first kappa shape index (κ1) is 15.3. The van der Waals surface area contributed by atoms with Crippen LogP contribution in [-0.4, -0.2) is 22.4 Å². The minimum absolute atomic E-state index is 0.0459. The van der Waals surface area contributed by atoms with Crippen molar-refractivity contribution in [1.82, 2.24) is 4.90 Å². The highest BCUT2D eigenvalue weighted by Gasteiger charge is 2.40. The fourth-order valence-electron chi connectivity index (χ4n) is 2.85. The Hall–Kier alpha value is -1.13. The van der Waals surface area contributed by atoms with Crippen molar-refractivity contribution in [3.8, 4) is 0 Å². The fraction of sp³-hybridized carbons (Fsp3) is 0.533. The third-order valence-corrected chi connectivity index (χ3v) is 3.81. The molecule has 2 N–H and O–H groups in total. The van der Waals surface area contributed by atoms with E-state index in [1.54, 1.807) is 11.0 Å². The highest BCUT2D eigenvalue weighted by atomic mass is 35.5. The summed E-state index contributed by atoms with van der Waals surface area (Å²) in [5, 5.41) is 0.319. The molecule has 5 heteroatoms. The first-order chi connectivity index (χ1) is 9.20. The van der Waals surface area contributed by atoms with Gasteiger partial charge in [0.05, 0.1) is 6.04 Å². The number of carbonyl (C=O) groups excluding carboxylic acids is 1. The van der Waals surface area contributed by atoms with Gasteiger partial charge < -0.3 is 10.6 Å². The summed E-state index contributed by atoms with van der Waals surface area (Å²) < 4.78 is 13.6. The van der Waals surface area contributed by atoms with Crippen LogP contribution in [0.4, 0.5) is 4.39 Å². The van der Waals surface area contributed by atoms with E-state index in [9.17, 15) is 9.18 Å². The molecule has 20 heavy (non-hydrogen) atoms. The molecule has 1 heterocycles. The molecule has 2 rings (SSSR count). The SMILES string of the molecule is CC(C)(C)N1C(=O)CCC(N)C1c1cc(F)cc(Cl)c1. The van der Waals surface area contributed by atoms with Gasteiger partial charge in [-0.1, -0.05) is 11.6 Å². The van der Waals surface area contributed by atoms with Crippen molar-refractivity contribution >= 4 is 17.5 Å². The van der Waals surface area contributed by atoms with E-state index in [1.807, 2.05) is 20.8 Å². The van der Waals surface area contributed by atoms with Gasteiger partial charge in [0.15, 0.2) is 0 Å². The van der Waals surface area contributed by atoms with Crippen molar-refractivity contribution in [2.24, 2.45) is 5.73 Å². The molecule has 0 aliphatic carbocycles. The lowest BCUT2D eigenvalue weighted by atomic mass is 9.86. The average Bonchev–Trinajstić information content (AvgIpc) is 2.28. The normalized spacial score (nSPS) is 24.1. The number of hydrogen-bond donors (Lipinski definition) is 1. The largest absolute Gasteiger partial charge is 0.329 e. The van der Waals surface area contributed by atoms with Gasteiger partial charge in [0.25, 0.3) is 0 Å². The van der Waals surface area contributed by atoms with Gasteiger partial charge in [-0.05, 0) is 51.0 Å². The Kier molecular flexibility index (Phi) is 4.07. The number of likely N-dealkylation sites (tertiary alicyclic amines) is 1. The first-order valence-corrected chi connectivity index (χ1v) is 7.11. The van der Waals surface area contributed by atoms with E-state index < -0.39 is 5.82 Å². The van der Waals surface area contributed by atoms with Crippen LogP contribution in [0.2, 0.25) is 5.02 Å². The minimum atomic E-state index is -0.411. The van der Waals surface area contributed by atoms with Crippen LogP contribution in [0.3, 0.4) is 0 Å². The number of hydrogen-bond acceptors (Lipinski definition) is 2. The van der Waals surface area contributed by atoms with Crippen LogP contribution in [-0.2, 0) is 4.79 Å². The molecule has 2 unspecified atom stereocenters. The first-order valence-electron chi connectivity index (χ1n) is 6.74. The second kappa shape index (κ2) is 5.34. The average molecular weight is 299 g/mol. The van der Waals surface area contributed by atoms with E-state index in [1.165, 1.54) is 12.1 Å². The lowest BCUT2D eigenvalue weighted by Gasteiger charge is -2.47. The maximum absolute atomic E-state index is 13.6. The summed E-state index contributed by atoms with van der Waals surface area (Å²) in [5.74, 6) is -0.365. The Morgan fingerprint density at radius 1 is 1.35 bits per heavy atom. The zero-order valence-corrected chi connectivity index (χ0v) is 12.7. The molecule has 0 saturated carbocycles. The van der Waals surface area contributed by atoms with Crippen molar-refractivity contribution < 1.29 is 9.18 Å². The van der Waals surface area contributed by atoms with Crippen molar-refractivity contribution in [3.05, 3.63) is 34.6 Å². The highest BCUT2D eigenvalue weighted by molar-refractivity contribution is 6.30. The predicted octanol–water partition coefficient (Wildman–Crippen LogP) is 3.27. The number of benzene rings is 1. The standard InChI is InChI=1S/C15H20ClFN2O/c1-15(2,3)19-13(20)5-4-12(18)14(19)9-6-10(16)8-11(17)7-9/h6-8,12,14H,4-5,18H2,1-3H3. The molecule has 1 aromatic rings. The maximum Gasteiger partial charge on any atom is 0.223 e. The molecule has 0 aromatic heterocycles. The van der Waals surface area contributed by atoms with Gasteiger partial charge in [0.1, 0.15) is 5.82 Å². The quantitative estimate of drug-likeness (QED) is 0.865. The zero-order chi connectivity index (χ0) is 15.1. The Morgan fingerprint density at radius 2 is 2.00 bits per heavy atom. The number of rotatable bonds is 1. The molecule has 1 saturated heterocycles. The van der Waals surface area contributed by atoms with Crippen LogP contribution >= 0.6 is 11.6 Å². The van der Waals surface area contributed by atoms with Gasteiger partial charge in [0, 0.05) is 23.0 Å². The minimum Gasteiger partial charge on any atom is -0.329 e. The second-order valence-corrected chi connectivity index (χ2v) is 6.72. The number of piperidine rings is 1. The fourth-order valence-corrected chi connectivity index (χ4v) is 3.08. The lowest BCUT2D eigenvalue weighted by Crippen LogP contribution is -2.56. The second-order valence-electron chi connectivity index (χ2n) is 6.28. The zero-order valence-electron chi connectivity index (χ0n) is 12.0. The van der Waals surface area contributed by atoms with Crippen LogP contribution < -0.4 is 5.73 Å². The van der Waals surface area contributed by atoms with E-state index in [-0.39, 0.29) is 23.5 Å². The summed E-state index contributed by atoms with van der Waals surface area (Å²) in [4.78, 5) is 14.0. The smallest absolute Gasteiger partial charge is 0.223 e. The third kappa shape index (κ3) is 2.96. The Labute approximate surface area is 123 Å². The molecule has 1 amide bonds. The number of nitrogens with two attached hydrogens (primary N) is 1. The number of carbonyl (C=O) groups is 1. The molecule has 0 radical (unpaired) electrons. The molecular weight excluding hydrogens is 279 g/mol. The third-order valence-electron chi connectivity index (χ3n) is 3.59. The van der Waals surface area contributed by atoms with E-state index in [0.29, 0.717) is 23.4 Å². The summed E-state index contributed by atoms with van der Waals surface area (Å²) in [6.45, 7) is 5.87. The van der Waals surface area contributed by atoms with Crippen LogP contribution in [0, 0.1) is 5.82 Å². The molecule has 3 nitrogen and oxygen atoms in total. The van der Waals surface area contributed by atoms with Gasteiger partial charge in [-0.25, -0.2) is 4.39 Å². The van der Waals surface area contributed by atoms with Crippen LogP contribution in [0.1, 0.15) is 45.2 Å². The van der Waals surface area contributed by atoms with Crippen LogP contribution in [0.15, 0.2) is 18.2 Å². The molecule has 0 spiro atoms. The van der Waals surface area contributed by atoms with Crippen LogP contribution in [0.25, 0.3) is 0 Å². The Balaban J connectivity index is 2.50. The molecule has 0 bridgehead atoms. The molecule has 1 aliphatic heterocycles. The molecule has 2 atom stereocenters. The summed E-state index contributed by atoms with van der Waals surface area (Å²) >= 11 is 5.93. The summed E-state index contributed by atoms with van der Waals surface area (Å²) in [5.41, 5.74) is 6.48. The summed E-state index contributed by atoms with van der Waals surface area (Å²) in [7, 11) is 0. The molecule has 1 aromatic carbocycles. The molecule has 1 aliphatic rings. The Bertz CT molecular complexity index is 507.